The summed E-state index contributed by atoms with van der Waals surface area (Å²) < 4.78 is 2.56. The molecule has 1 aliphatic heterocycles. The monoisotopic (exact) mass is 247 g/mol. The number of imidazole rings is 1. The summed E-state index contributed by atoms with van der Waals surface area (Å²) >= 11 is 0. The van der Waals surface area contributed by atoms with Crippen molar-refractivity contribution in [2.45, 2.75) is 65.5 Å². The van der Waals surface area contributed by atoms with Gasteiger partial charge in [-0.05, 0) is 18.3 Å². The lowest BCUT2D eigenvalue weighted by Gasteiger charge is -2.39. The van der Waals surface area contributed by atoms with E-state index in [-0.39, 0.29) is 0 Å². The van der Waals surface area contributed by atoms with Crippen molar-refractivity contribution < 1.29 is 0 Å². The molecule has 18 heavy (non-hydrogen) atoms. The van der Waals surface area contributed by atoms with Crippen LogP contribution >= 0.6 is 0 Å². The van der Waals surface area contributed by atoms with Crippen LogP contribution in [0.15, 0.2) is 0 Å². The second-order valence-corrected chi connectivity index (χ2v) is 6.70. The molecule has 0 radical (unpaired) electrons. The molecular formula is C15H25N3. The van der Waals surface area contributed by atoms with Crippen LogP contribution in [0.1, 0.15) is 63.2 Å². The fourth-order valence-corrected chi connectivity index (χ4v) is 3.33. The Morgan fingerprint density at radius 1 is 1.39 bits per heavy atom. The highest BCUT2D eigenvalue weighted by Crippen LogP contribution is 2.42. The van der Waals surface area contributed by atoms with Crippen LogP contribution in [-0.4, -0.2) is 16.1 Å². The molecule has 1 fully saturated rings. The number of aromatic nitrogens is 2. The molecule has 0 saturated heterocycles. The summed E-state index contributed by atoms with van der Waals surface area (Å²) in [5.74, 6) is 1.83. The van der Waals surface area contributed by atoms with Gasteiger partial charge in [-0.3, -0.25) is 0 Å². The number of hydrogen-bond donors (Lipinski definition) is 1. The molecular weight excluding hydrogens is 222 g/mol. The minimum Gasteiger partial charge on any atom is -0.331 e. The van der Waals surface area contributed by atoms with Crippen LogP contribution in [0, 0.1) is 5.41 Å². The summed E-state index contributed by atoms with van der Waals surface area (Å²) in [5, 5.41) is 3.44. The van der Waals surface area contributed by atoms with E-state index in [1.807, 2.05) is 0 Å². The first-order chi connectivity index (χ1) is 8.59. The molecule has 0 amide bonds. The number of rotatable bonds is 3. The molecule has 0 unspecified atom stereocenters. The average molecular weight is 247 g/mol. The van der Waals surface area contributed by atoms with Gasteiger partial charge in [-0.15, -0.1) is 0 Å². The largest absolute Gasteiger partial charge is 0.331 e. The van der Waals surface area contributed by atoms with Crippen LogP contribution in [0.25, 0.3) is 0 Å². The molecule has 3 nitrogen and oxygen atoms in total. The zero-order valence-electron chi connectivity index (χ0n) is 11.9. The summed E-state index contributed by atoms with van der Waals surface area (Å²) in [4.78, 5) is 4.89. The van der Waals surface area contributed by atoms with Gasteiger partial charge in [0.2, 0.25) is 0 Å². The Kier molecular flexibility index (Phi) is 2.97. The molecule has 1 N–H and O–H groups in total. The summed E-state index contributed by atoms with van der Waals surface area (Å²) in [7, 11) is 0. The predicted molar refractivity (Wildman–Crippen MR) is 73.7 cm³/mol. The molecule has 0 aromatic carbocycles. The molecule has 2 heterocycles. The Balaban J connectivity index is 1.96. The number of nitrogens with one attached hydrogen (secondary N) is 1. The highest BCUT2D eigenvalue weighted by Gasteiger charge is 2.34. The van der Waals surface area contributed by atoms with Crippen molar-refractivity contribution in [3.63, 3.8) is 0 Å². The molecule has 3 rings (SSSR count). The van der Waals surface area contributed by atoms with Gasteiger partial charge in [-0.25, -0.2) is 4.98 Å². The fourth-order valence-electron chi connectivity index (χ4n) is 3.33. The van der Waals surface area contributed by atoms with Crippen molar-refractivity contribution in [2.75, 3.05) is 6.54 Å². The first kappa shape index (κ1) is 12.2. The second-order valence-electron chi connectivity index (χ2n) is 6.70. The van der Waals surface area contributed by atoms with Crippen LogP contribution in [-0.2, 0) is 19.5 Å². The van der Waals surface area contributed by atoms with Gasteiger partial charge >= 0.3 is 0 Å². The van der Waals surface area contributed by atoms with Crippen molar-refractivity contribution in [2.24, 2.45) is 5.41 Å². The van der Waals surface area contributed by atoms with Crippen molar-refractivity contribution in [3.05, 3.63) is 17.2 Å². The molecule has 0 atom stereocenters. The highest BCUT2D eigenvalue weighted by molar-refractivity contribution is 5.22. The van der Waals surface area contributed by atoms with E-state index < -0.39 is 0 Å². The van der Waals surface area contributed by atoms with Gasteiger partial charge in [-0.1, -0.05) is 27.2 Å². The Hall–Kier alpha value is -0.830. The molecule has 100 valence electrons. The summed E-state index contributed by atoms with van der Waals surface area (Å²) in [5.41, 5.74) is 3.33. The Morgan fingerprint density at radius 3 is 2.78 bits per heavy atom. The van der Waals surface area contributed by atoms with E-state index in [2.05, 4.69) is 30.7 Å². The van der Waals surface area contributed by atoms with Gasteiger partial charge in [-0.2, -0.15) is 0 Å². The average Bonchev–Trinajstić information content (AvgIpc) is 2.66. The normalized spacial score (nSPS) is 21.8. The minimum absolute atomic E-state index is 0.527. The molecule has 1 aliphatic carbocycles. The van der Waals surface area contributed by atoms with Gasteiger partial charge in [0.15, 0.2) is 0 Å². The molecule has 2 aliphatic rings. The minimum atomic E-state index is 0.527. The van der Waals surface area contributed by atoms with Gasteiger partial charge in [0.1, 0.15) is 5.82 Å². The third-order valence-corrected chi connectivity index (χ3v) is 4.63. The molecule has 1 saturated carbocycles. The zero-order chi connectivity index (χ0) is 12.8. The van der Waals surface area contributed by atoms with Crippen molar-refractivity contribution >= 4 is 0 Å². The lowest BCUT2D eigenvalue weighted by molar-refractivity contribution is 0.128. The van der Waals surface area contributed by atoms with Crippen LogP contribution in [0.2, 0.25) is 0 Å². The second kappa shape index (κ2) is 4.37. The van der Waals surface area contributed by atoms with Crippen LogP contribution in [0.3, 0.4) is 0 Å². The maximum atomic E-state index is 4.89. The van der Waals surface area contributed by atoms with E-state index in [1.165, 1.54) is 43.0 Å². The van der Waals surface area contributed by atoms with Crippen molar-refractivity contribution in [1.29, 1.82) is 0 Å². The Labute approximate surface area is 110 Å². The van der Waals surface area contributed by atoms with Crippen LogP contribution in [0.5, 0.6) is 0 Å². The molecule has 1 aromatic rings. The smallest absolute Gasteiger partial charge is 0.111 e. The van der Waals surface area contributed by atoms with Crippen molar-refractivity contribution in [3.8, 4) is 0 Å². The van der Waals surface area contributed by atoms with Crippen LogP contribution in [0.4, 0.5) is 0 Å². The number of nitrogens with zero attached hydrogens (tertiary/aromatic N) is 2. The van der Waals surface area contributed by atoms with Gasteiger partial charge in [0.25, 0.3) is 0 Å². The number of hydrogen-bond acceptors (Lipinski definition) is 2. The van der Waals surface area contributed by atoms with E-state index in [9.17, 15) is 0 Å². The lowest BCUT2D eigenvalue weighted by Crippen LogP contribution is -2.33. The SMILES string of the molecule is CC(C)c1nc2c(n1CC1(C)CCC1)CCNC2. The summed E-state index contributed by atoms with van der Waals surface area (Å²) in [6.45, 7) is 10.2. The zero-order valence-corrected chi connectivity index (χ0v) is 11.9. The fraction of sp³-hybridized carbons (Fsp3) is 0.800. The first-order valence-electron chi connectivity index (χ1n) is 7.38. The standard InChI is InChI=1S/C15H25N3/c1-11(2)14-17-12-9-16-8-5-13(12)18(14)10-15(3)6-4-7-15/h11,16H,4-10H2,1-3H3. The quantitative estimate of drug-likeness (QED) is 0.890. The topological polar surface area (TPSA) is 29.9 Å². The van der Waals surface area contributed by atoms with Gasteiger partial charge in [0.05, 0.1) is 5.69 Å². The summed E-state index contributed by atoms with van der Waals surface area (Å²) in [6.07, 6.45) is 5.32. The Morgan fingerprint density at radius 2 is 2.17 bits per heavy atom. The maximum Gasteiger partial charge on any atom is 0.111 e. The van der Waals surface area contributed by atoms with E-state index >= 15 is 0 Å². The lowest BCUT2D eigenvalue weighted by atomic mass is 9.70. The molecule has 1 aromatic heterocycles. The first-order valence-corrected chi connectivity index (χ1v) is 7.38. The van der Waals surface area contributed by atoms with E-state index in [0.29, 0.717) is 11.3 Å². The third kappa shape index (κ3) is 1.99. The third-order valence-electron chi connectivity index (χ3n) is 4.63. The van der Waals surface area contributed by atoms with Gasteiger partial charge in [0, 0.05) is 37.7 Å². The molecule has 3 heteroatoms. The Bertz CT molecular complexity index is 441. The summed E-state index contributed by atoms with van der Waals surface area (Å²) in [6, 6.07) is 0. The predicted octanol–water partition coefficient (Wildman–Crippen LogP) is 2.84. The maximum absolute atomic E-state index is 4.89. The van der Waals surface area contributed by atoms with Crippen LogP contribution < -0.4 is 5.32 Å². The number of fused-ring (bicyclic) bond motifs is 1. The van der Waals surface area contributed by atoms with E-state index in [0.717, 1.165) is 19.5 Å². The van der Waals surface area contributed by atoms with Gasteiger partial charge < -0.3 is 9.88 Å². The van der Waals surface area contributed by atoms with Crippen molar-refractivity contribution in [1.82, 2.24) is 14.9 Å². The van der Waals surface area contributed by atoms with E-state index in [4.69, 9.17) is 4.98 Å². The van der Waals surface area contributed by atoms with E-state index in [1.54, 1.807) is 0 Å². The highest BCUT2D eigenvalue weighted by atomic mass is 15.1. The molecule has 0 spiro atoms. The molecule has 0 bridgehead atoms.